The Hall–Kier alpha value is -1.25. The van der Waals surface area contributed by atoms with Gasteiger partial charge in [0.2, 0.25) is 6.20 Å². The lowest BCUT2D eigenvalue weighted by atomic mass is 10.2. The first-order valence-electron chi connectivity index (χ1n) is 4.86. The Balaban J connectivity index is 2.84. The summed E-state index contributed by atoms with van der Waals surface area (Å²) >= 11 is 0. The predicted molar refractivity (Wildman–Crippen MR) is 54.1 cm³/mol. The molecule has 0 aliphatic carbocycles. The van der Waals surface area contributed by atoms with Crippen molar-refractivity contribution in [3.8, 4) is 5.88 Å². The van der Waals surface area contributed by atoms with E-state index in [-0.39, 0.29) is 5.60 Å². The summed E-state index contributed by atoms with van der Waals surface area (Å²) < 4.78 is 7.37. The molecule has 0 amide bonds. The fourth-order valence-corrected chi connectivity index (χ4v) is 1.05. The third-order valence-corrected chi connectivity index (χ3v) is 1.47. The van der Waals surface area contributed by atoms with Gasteiger partial charge in [-0.1, -0.05) is 0 Å². The maximum atomic E-state index is 5.72. The van der Waals surface area contributed by atoms with Crippen LogP contribution in [-0.2, 0) is 0 Å². The van der Waals surface area contributed by atoms with Crippen molar-refractivity contribution >= 4 is 0 Å². The van der Waals surface area contributed by atoms with Crippen LogP contribution >= 0.6 is 0 Å². The number of hydrogen-bond acceptors (Lipinski definition) is 2. The Bertz CT molecular complexity index is 292. The zero-order chi connectivity index (χ0) is 10.6. The third kappa shape index (κ3) is 3.24. The van der Waals surface area contributed by atoms with Gasteiger partial charge in [-0.25, -0.2) is 0 Å². The Labute approximate surface area is 85.2 Å². The molecule has 0 saturated heterocycles. The van der Waals surface area contributed by atoms with Gasteiger partial charge in [0, 0.05) is 10.8 Å². The number of rotatable bonds is 3. The van der Waals surface area contributed by atoms with Crippen LogP contribution in [-0.4, -0.2) is 12.2 Å². The van der Waals surface area contributed by atoms with Crippen LogP contribution in [0.1, 0.15) is 27.7 Å². The second kappa shape index (κ2) is 4.31. The summed E-state index contributed by atoms with van der Waals surface area (Å²) in [5.74, 6) is 0.724. The largest absolute Gasteiger partial charge is 0.436 e. The summed E-state index contributed by atoms with van der Waals surface area (Å²) in [5.41, 5.74) is -0.208. The molecule has 1 rings (SSSR count). The highest BCUT2D eigenvalue weighted by atomic mass is 16.7. The Morgan fingerprint density at radius 1 is 1.29 bits per heavy atom. The lowest BCUT2D eigenvalue weighted by Crippen LogP contribution is -2.45. The third-order valence-electron chi connectivity index (χ3n) is 1.47. The molecule has 1 aromatic rings. The van der Waals surface area contributed by atoms with E-state index in [0.717, 1.165) is 5.88 Å². The summed E-state index contributed by atoms with van der Waals surface area (Å²) in [6.07, 6.45) is 1.84. The zero-order valence-electron chi connectivity index (χ0n) is 9.28. The van der Waals surface area contributed by atoms with Crippen molar-refractivity contribution < 1.29 is 14.3 Å². The average Bonchev–Trinajstić information content (AvgIpc) is 2.06. The van der Waals surface area contributed by atoms with Crippen LogP contribution in [0, 0.1) is 0 Å². The van der Waals surface area contributed by atoms with Crippen LogP contribution in [0.25, 0.3) is 0 Å². The summed E-state index contributed by atoms with van der Waals surface area (Å²) in [6.45, 7) is 8.60. The number of pyridine rings is 1. The predicted octanol–water partition coefficient (Wildman–Crippen LogP) is 1.60. The molecule has 0 aromatic carbocycles. The van der Waals surface area contributed by atoms with Gasteiger partial charge in [-0.05, 0) is 33.8 Å². The Kier molecular flexibility index (Phi) is 3.33. The van der Waals surface area contributed by atoms with Crippen molar-refractivity contribution in [1.29, 1.82) is 0 Å². The van der Waals surface area contributed by atoms with E-state index in [9.17, 15) is 0 Å². The molecule has 0 N–H and O–H groups in total. The highest BCUT2D eigenvalue weighted by Crippen LogP contribution is 2.12. The van der Waals surface area contributed by atoms with Crippen LogP contribution in [0.2, 0.25) is 0 Å². The first-order valence-corrected chi connectivity index (χ1v) is 4.86. The van der Waals surface area contributed by atoms with Crippen molar-refractivity contribution in [1.82, 2.24) is 0 Å². The molecule has 0 unspecified atom stereocenters. The molecule has 0 spiro atoms. The smallest absolute Gasteiger partial charge is 0.417 e. The molecular weight excluding hydrogens is 178 g/mol. The number of aromatic nitrogens is 1. The van der Waals surface area contributed by atoms with Gasteiger partial charge in [0.1, 0.15) is 5.60 Å². The Morgan fingerprint density at radius 2 is 2.00 bits per heavy atom. The summed E-state index contributed by atoms with van der Waals surface area (Å²) in [4.78, 5) is 5.37. The van der Waals surface area contributed by atoms with Crippen LogP contribution < -0.4 is 14.3 Å². The van der Waals surface area contributed by atoms with E-state index in [1.165, 1.54) is 0 Å². The molecule has 3 nitrogen and oxygen atoms in total. The lowest BCUT2D eigenvalue weighted by Gasteiger charge is -2.17. The van der Waals surface area contributed by atoms with E-state index < -0.39 is 0 Å². The number of nitrogens with zero attached hydrogens (tertiary/aromatic N) is 1. The van der Waals surface area contributed by atoms with E-state index in [4.69, 9.17) is 9.57 Å². The van der Waals surface area contributed by atoms with Crippen LogP contribution in [0.15, 0.2) is 24.4 Å². The van der Waals surface area contributed by atoms with E-state index in [2.05, 4.69) is 0 Å². The molecular formula is C11H18NO2+. The normalized spacial score (nSPS) is 11.1. The second-order valence-electron chi connectivity index (χ2n) is 4.00. The fourth-order valence-electron chi connectivity index (χ4n) is 1.05. The van der Waals surface area contributed by atoms with Crippen LogP contribution in [0.5, 0.6) is 5.88 Å². The molecule has 0 bridgehead atoms. The minimum absolute atomic E-state index is 0.208. The lowest BCUT2D eigenvalue weighted by molar-refractivity contribution is -0.893. The standard InChI is InChI=1S/C11H18NO2/c1-5-13-12-9-7-6-8-10(12)14-11(2,3)4/h6-9H,5H2,1-4H3/q+1. The fraction of sp³-hybridized carbons (Fsp3) is 0.545. The molecule has 14 heavy (non-hydrogen) atoms. The molecule has 3 heteroatoms. The zero-order valence-corrected chi connectivity index (χ0v) is 9.28. The Morgan fingerprint density at radius 3 is 2.57 bits per heavy atom. The molecule has 0 aliphatic heterocycles. The summed E-state index contributed by atoms with van der Waals surface area (Å²) in [6, 6.07) is 5.72. The van der Waals surface area contributed by atoms with Crippen LogP contribution in [0.3, 0.4) is 0 Å². The van der Waals surface area contributed by atoms with Crippen molar-refractivity contribution in [2.45, 2.75) is 33.3 Å². The monoisotopic (exact) mass is 196 g/mol. The molecule has 0 radical (unpaired) electrons. The first-order chi connectivity index (χ1) is 6.53. The van der Waals surface area contributed by atoms with Gasteiger partial charge in [0.05, 0.1) is 6.07 Å². The SMILES string of the molecule is CCO[n+]1ccccc1OC(C)(C)C. The average molecular weight is 196 g/mol. The van der Waals surface area contributed by atoms with Crippen molar-refractivity contribution in [2.24, 2.45) is 0 Å². The summed E-state index contributed by atoms with van der Waals surface area (Å²) in [7, 11) is 0. The van der Waals surface area contributed by atoms with Crippen molar-refractivity contribution in [3.05, 3.63) is 24.4 Å². The van der Waals surface area contributed by atoms with Gasteiger partial charge in [-0.3, -0.25) is 4.84 Å². The van der Waals surface area contributed by atoms with Gasteiger partial charge < -0.3 is 4.74 Å². The maximum absolute atomic E-state index is 5.72. The maximum Gasteiger partial charge on any atom is 0.417 e. The van der Waals surface area contributed by atoms with Crippen molar-refractivity contribution in [3.63, 3.8) is 0 Å². The molecule has 78 valence electrons. The minimum atomic E-state index is -0.208. The van der Waals surface area contributed by atoms with E-state index >= 15 is 0 Å². The second-order valence-corrected chi connectivity index (χ2v) is 4.00. The molecule has 0 fully saturated rings. The number of ether oxygens (including phenoxy) is 1. The minimum Gasteiger partial charge on any atom is -0.436 e. The van der Waals surface area contributed by atoms with Gasteiger partial charge >= 0.3 is 5.88 Å². The number of hydrogen-bond donors (Lipinski definition) is 0. The highest BCUT2D eigenvalue weighted by Gasteiger charge is 2.20. The van der Waals surface area contributed by atoms with Gasteiger partial charge in [0.25, 0.3) is 0 Å². The van der Waals surface area contributed by atoms with E-state index in [1.54, 1.807) is 4.73 Å². The molecule has 1 heterocycles. The quantitative estimate of drug-likeness (QED) is 0.685. The van der Waals surface area contributed by atoms with Crippen molar-refractivity contribution in [2.75, 3.05) is 6.61 Å². The molecule has 0 saturated carbocycles. The molecule has 0 atom stereocenters. The first kappa shape index (κ1) is 10.8. The molecule has 1 aromatic heterocycles. The van der Waals surface area contributed by atoms with Gasteiger partial charge in [-0.15, -0.1) is 0 Å². The topological polar surface area (TPSA) is 22.3 Å². The van der Waals surface area contributed by atoms with E-state index in [0.29, 0.717) is 6.61 Å². The highest BCUT2D eigenvalue weighted by molar-refractivity contribution is 5.03. The van der Waals surface area contributed by atoms with Gasteiger partial charge in [-0.2, -0.15) is 0 Å². The summed E-state index contributed by atoms with van der Waals surface area (Å²) in [5, 5.41) is 0. The van der Waals surface area contributed by atoms with E-state index in [1.807, 2.05) is 52.1 Å². The van der Waals surface area contributed by atoms with Crippen LogP contribution in [0.4, 0.5) is 0 Å². The van der Waals surface area contributed by atoms with Gasteiger partial charge in [0.15, 0.2) is 6.61 Å². The molecule has 0 aliphatic rings.